The first-order valence-corrected chi connectivity index (χ1v) is 7.52. The molecule has 1 fully saturated rings. The number of nitrogens with zero attached hydrogens (tertiary/aromatic N) is 1. The summed E-state index contributed by atoms with van der Waals surface area (Å²) in [5.41, 5.74) is 0.911. The van der Waals surface area contributed by atoms with Crippen LogP contribution in [-0.4, -0.2) is 43.5 Å². The van der Waals surface area contributed by atoms with Gasteiger partial charge in [-0.1, -0.05) is 12.1 Å². The lowest BCUT2D eigenvalue weighted by molar-refractivity contribution is -0.123. The number of nitrogens with one attached hydrogen (secondary N) is 2. The Morgan fingerprint density at radius 2 is 1.95 bits per heavy atom. The SMILES string of the molecule is CC(NC(=O)CN(C)C1CCNCC1)c1ccc(F)cc1.Cl. The maximum absolute atomic E-state index is 12.9. The van der Waals surface area contributed by atoms with Crippen molar-refractivity contribution in [1.29, 1.82) is 0 Å². The van der Waals surface area contributed by atoms with Crippen LogP contribution in [0.25, 0.3) is 0 Å². The topological polar surface area (TPSA) is 44.4 Å². The highest BCUT2D eigenvalue weighted by Gasteiger charge is 2.20. The van der Waals surface area contributed by atoms with Gasteiger partial charge >= 0.3 is 0 Å². The Kier molecular flexibility index (Phi) is 7.79. The molecule has 0 bridgehead atoms. The zero-order valence-electron chi connectivity index (χ0n) is 13.1. The van der Waals surface area contributed by atoms with Crippen LogP contribution in [0.1, 0.15) is 31.4 Å². The fourth-order valence-corrected chi connectivity index (χ4v) is 2.72. The third-order valence-electron chi connectivity index (χ3n) is 4.07. The molecule has 1 aliphatic rings. The van der Waals surface area contributed by atoms with Gasteiger partial charge in [-0.05, 0) is 57.6 Å². The minimum absolute atomic E-state index is 0. The minimum atomic E-state index is -0.261. The Labute approximate surface area is 137 Å². The van der Waals surface area contributed by atoms with Gasteiger partial charge in [-0.25, -0.2) is 4.39 Å². The average Bonchev–Trinajstić information content (AvgIpc) is 2.48. The van der Waals surface area contributed by atoms with Crippen molar-refractivity contribution in [3.8, 4) is 0 Å². The second-order valence-electron chi connectivity index (χ2n) is 5.74. The maximum atomic E-state index is 12.9. The Bertz CT molecular complexity index is 463. The molecule has 0 radical (unpaired) electrons. The molecule has 1 saturated heterocycles. The molecule has 1 atom stereocenters. The number of halogens is 2. The highest BCUT2D eigenvalue weighted by atomic mass is 35.5. The summed E-state index contributed by atoms with van der Waals surface area (Å²) >= 11 is 0. The van der Waals surface area contributed by atoms with Crippen molar-refractivity contribution in [1.82, 2.24) is 15.5 Å². The molecule has 1 aromatic carbocycles. The molecular formula is C16H25ClFN3O. The fraction of sp³-hybridized carbons (Fsp3) is 0.562. The summed E-state index contributed by atoms with van der Waals surface area (Å²) in [7, 11) is 2.00. The van der Waals surface area contributed by atoms with Gasteiger partial charge < -0.3 is 10.6 Å². The highest BCUT2D eigenvalue weighted by molar-refractivity contribution is 5.85. The van der Waals surface area contributed by atoms with Gasteiger partial charge in [-0.15, -0.1) is 12.4 Å². The van der Waals surface area contributed by atoms with E-state index in [1.165, 1.54) is 12.1 Å². The van der Waals surface area contributed by atoms with Crippen LogP contribution in [0.15, 0.2) is 24.3 Å². The van der Waals surface area contributed by atoms with E-state index < -0.39 is 0 Å². The maximum Gasteiger partial charge on any atom is 0.234 e. The summed E-state index contributed by atoms with van der Waals surface area (Å²) in [5, 5.41) is 6.29. The average molecular weight is 330 g/mol. The zero-order chi connectivity index (χ0) is 15.2. The molecule has 0 saturated carbocycles. The van der Waals surface area contributed by atoms with Crippen LogP contribution < -0.4 is 10.6 Å². The molecule has 1 amide bonds. The lowest BCUT2D eigenvalue weighted by Gasteiger charge is -2.31. The monoisotopic (exact) mass is 329 g/mol. The second kappa shape index (κ2) is 9.08. The van der Waals surface area contributed by atoms with E-state index in [1.54, 1.807) is 12.1 Å². The molecule has 1 unspecified atom stereocenters. The van der Waals surface area contributed by atoms with Gasteiger partial charge in [0.15, 0.2) is 0 Å². The smallest absolute Gasteiger partial charge is 0.234 e. The Morgan fingerprint density at radius 1 is 1.36 bits per heavy atom. The summed E-state index contributed by atoms with van der Waals surface area (Å²) in [6, 6.07) is 6.60. The van der Waals surface area contributed by atoms with E-state index in [-0.39, 0.29) is 30.2 Å². The number of carbonyl (C=O) groups excluding carboxylic acids is 1. The van der Waals surface area contributed by atoms with Crippen molar-refractivity contribution in [3.05, 3.63) is 35.6 Å². The molecule has 4 nitrogen and oxygen atoms in total. The van der Waals surface area contributed by atoms with Gasteiger partial charge in [0.25, 0.3) is 0 Å². The first-order valence-electron chi connectivity index (χ1n) is 7.52. The molecule has 1 aromatic rings. The summed E-state index contributed by atoms with van der Waals surface area (Å²) in [4.78, 5) is 14.2. The number of amides is 1. The van der Waals surface area contributed by atoms with E-state index in [4.69, 9.17) is 0 Å². The predicted octanol–water partition coefficient (Wildman–Crippen LogP) is 2.11. The zero-order valence-corrected chi connectivity index (χ0v) is 14.0. The van der Waals surface area contributed by atoms with Crippen LogP contribution in [-0.2, 0) is 4.79 Å². The van der Waals surface area contributed by atoms with Crippen LogP contribution in [0.5, 0.6) is 0 Å². The number of rotatable bonds is 5. The first kappa shape index (κ1) is 18.9. The van der Waals surface area contributed by atoms with Crippen LogP contribution >= 0.6 is 12.4 Å². The molecule has 2 N–H and O–H groups in total. The van der Waals surface area contributed by atoms with Crippen molar-refractivity contribution in [2.75, 3.05) is 26.7 Å². The predicted molar refractivity (Wildman–Crippen MR) is 88.7 cm³/mol. The van der Waals surface area contributed by atoms with Gasteiger partial charge in [-0.2, -0.15) is 0 Å². The largest absolute Gasteiger partial charge is 0.348 e. The first-order chi connectivity index (χ1) is 10.1. The lowest BCUT2D eigenvalue weighted by atomic mass is 10.1. The highest BCUT2D eigenvalue weighted by Crippen LogP contribution is 2.13. The number of benzene rings is 1. The number of carbonyl (C=O) groups is 1. The molecule has 22 heavy (non-hydrogen) atoms. The quantitative estimate of drug-likeness (QED) is 0.869. The van der Waals surface area contributed by atoms with Crippen LogP contribution in [0.3, 0.4) is 0 Å². The van der Waals surface area contributed by atoms with Crippen LogP contribution in [0, 0.1) is 5.82 Å². The van der Waals surface area contributed by atoms with Crippen LogP contribution in [0.4, 0.5) is 4.39 Å². The summed E-state index contributed by atoms with van der Waals surface area (Å²) in [5.74, 6) is -0.254. The number of hydrogen-bond donors (Lipinski definition) is 2. The van der Waals surface area contributed by atoms with Gasteiger partial charge in [0.05, 0.1) is 12.6 Å². The molecular weight excluding hydrogens is 305 g/mol. The number of hydrogen-bond acceptors (Lipinski definition) is 3. The second-order valence-corrected chi connectivity index (χ2v) is 5.74. The third-order valence-corrected chi connectivity index (χ3v) is 4.07. The van der Waals surface area contributed by atoms with Crippen molar-refractivity contribution in [3.63, 3.8) is 0 Å². The molecule has 1 aliphatic heterocycles. The van der Waals surface area contributed by atoms with E-state index >= 15 is 0 Å². The fourth-order valence-electron chi connectivity index (χ4n) is 2.72. The summed E-state index contributed by atoms with van der Waals surface area (Å²) < 4.78 is 12.9. The molecule has 2 rings (SSSR count). The van der Waals surface area contributed by atoms with E-state index in [0.29, 0.717) is 12.6 Å². The normalized spacial score (nSPS) is 16.9. The van der Waals surface area contributed by atoms with Gasteiger partial charge in [0.1, 0.15) is 5.82 Å². The molecule has 0 aromatic heterocycles. The lowest BCUT2D eigenvalue weighted by Crippen LogP contribution is -2.45. The molecule has 1 heterocycles. The number of likely N-dealkylation sites (N-methyl/N-ethyl adjacent to an activating group) is 1. The Morgan fingerprint density at radius 3 is 2.55 bits per heavy atom. The Hall–Kier alpha value is -1.17. The van der Waals surface area contributed by atoms with E-state index in [9.17, 15) is 9.18 Å². The Balaban J connectivity index is 0.00000242. The van der Waals surface area contributed by atoms with Crippen molar-refractivity contribution in [2.45, 2.75) is 31.8 Å². The number of piperidine rings is 1. The van der Waals surface area contributed by atoms with Gasteiger partial charge in [0.2, 0.25) is 5.91 Å². The van der Waals surface area contributed by atoms with E-state index in [0.717, 1.165) is 31.5 Å². The molecule has 0 spiro atoms. The van der Waals surface area contributed by atoms with Crippen LogP contribution in [0.2, 0.25) is 0 Å². The standard InChI is InChI=1S/C16H24FN3O.ClH/c1-12(13-3-5-14(17)6-4-13)19-16(21)11-20(2)15-7-9-18-10-8-15;/h3-6,12,15,18H,7-11H2,1-2H3,(H,19,21);1H. The summed E-state index contributed by atoms with van der Waals surface area (Å²) in [6.07, 6.45) is 2.16. The summed E-state index contributed by atoms with van der Waals surface area (Å²) in [6.45, 7) is 4.34. The van der Waals surface area contributed by atoms with Crippen molar-refractivity contribution >= 4 is 18.3 Å². The minimum Gasteiger partial charge on any atom is -0.348 e. The van der Waals surface area contributed by atoms with Gasteiger partial charge in [-0.3, -0.25) is 9.69 Å². The van der Waals surface area contributed by atoms with E-state index in [1.807, 2.05) is 14.0 Å². The third kappa shape index (κ3) is 5.55. The molecule has 6 heteroatoms. The van der Waals surface area contributed by atoms with Gasteiger partial charge in [0, 0.05) is 6.04 Å². The molecule has 124 valence electrons. The van der Waals surface area contributed by atoms with Crippen molar-refractivity contribution in [2.24, 2.45) is 0 Å². The van der Waals surface area contributed by atoms with Crippen molar-refractivity contribution < 1.29 is 9.18 Å². The van der Waals surface area contributed by atoms with E-state index in [2.05, 4.69) is 15.5 Å². The molecule has 0 aliphatic carbocycles.